The van der Waals surface area contributed by atoms with Crippen molar-refractivity contribution < 1.29 is 19.1 Å². The highest BCUT2D eigenvalue weighted by molar-refractivity contribution is 5.72. The Bertz CT molecular complexity index is 994. The Morgan fingerprint density at radius 3 is 2.49 bits per heavy atom. The molecule has 1 N–H and O–H groups in total. The third-order valence-corrected chi connectivity index (χ3v) is 11.6. The maximum Gasteiger partial charge on any atom is 0.335 e. The van der Waals surface area contributed by atoms with E-state index in [9.17, 15) is 14.7 Å². The summed E-state index contributed by atoms with van der Waals surface area (Å²) in [5.41, 5.74) is 0.0587. The van der Waals surface area contributed by atoms with Crippen LogP contribution in [0.4, 0.5) is 0 Å². The fourth-order valence-corrected chi connectivity index (χ4v) is 8.94. The Labute approximate surface area is 210 Å². The summed E-state index contributed by atoms with van der Waals surface area (Å²) in [5.74, 6) is 1.79. The van der Waals surface area contributed by atoms with Crippen molar-refractivity contribution >= 4 is 5.97 Å². The van der Waals surface area contributed by atoms with E-state index in [1.54, 1.807) is 6.26 Å². The van der Waals surface area contributed by atoms with Gasteiger partial charge in [-0.15, -0.1) is 0 Å². The van der Waals surface area contributed by atoms with Crippen molar-refractivity contribution in [1.29, 1.82) is 0 Å². The van der Waals surface area contributed by atoms with E-state index in [0.717, 1.165) is 63.4 Å². The van der Waals surface area contributed by atoms with Gasteiger partial charge in [-0.2, -0.15) is 0 Å². The number of rotatable bonds is 4. The SMILES string of the molecule is CC(C)[C@@H](C)C(=O)O[C@H]1CC[C@@]2(C)[C@H](CC[C@@H]3[C@@H]2CC[C@]2(C)[C@@H](c4ccc(=O)oc4)CC[C@]32O)C1. The molecule has 35 heavy (non-hydrogen) atoms. The van der Waals surface area contributed by atoms with E-state index in [2.05, 4.69) is 27.7 Å². The summed E-state index contributed by atoms with van der Waals surface area (Å²) >= 11 is 0. The number of hydrogen-bond acceptors (Lipinski definition) is 5. The summed E-state index contributed by atoms with van der Waals surface area (Å²) in [5, 5.41) is 12.4. The number of carbonyl (C=O) groups excluding carboxylic acids is 1. The van der Waals surface area contributed by atoms with Crippen LogP contribution in [0.2, 0.25) is 0 Å². The summed E-state index contributed by atoms with van der Waals surface area (Å²) in [7, 11) is 0. The Morgan fingerprint density at radius 2 is 1.80 bits per heavy atom. The molecule has 4 aliphatic rings. The summed E-state index contributed by atoms with van der Waals surface area (Å²) in [6, 6.07) is 3.42. The number of hydrogen-bond donors (Lipinski definition) is 1. The first-order valence-electron chi connectivity index (χ1n) is 14.0. The van der Waals surface area contributed by atoms with E-state index in [4.69, 9.17) is 9.15 Å². The molecule has 4 aliphatic carbocycles. The lowest BCUT2D eigenvalue weighted by Gasteiger charge is -2.63. The molecule has 5 heteroatoms. The molecule has 0 amide bonds. The molecule has 4 saturated carbocycles. The maximum atomic E-state index is 12.6. The first-order chi connectivity index (χ1) is 16.5. The standard InChI is InChI=1S/C30H44O5/c1-18(2)19(3)27(32)35-22-10-13-28(4)21(16-22)7-8-25-24(28)11-14-29(5)23(12-15-30(25,29)33)20-6-9-26(31)34-17-20/h6,9,17-19,21-25,33H,7-8,10-16H2,1-5H3/t19-,21-,22+,23-,24+,25-,28+,29-,30+/m1/s1. The number of aliphatic hydroxyl groups is 1. The second kappa shape index (κ2) is 8.75. The molecule has 1 heterocycles. The Balaban J connectivity index is 1.33. The zero-order chi connectivity index (χ0) is 25.2. The Kier molecular flexibility index (Phi) is 6.26. The van der Waals surface area contributed by atoms with Crippen LogP contribution in [-0.2, 0) is 9.53 Å². The molecule has 4 fully saturated rings. The summed E-state index contributed by atoms with van der Waals surface area (Å²) < 4.78 is 11.2. The number of fused-ring (bicyclic) bond motifs is 5. The average Bonchev–Trinajstić information content (AvgIpc) is 3.10. The quantitative estimate of drug-likeness (QED) is 0.524. The predicted octanol–water partition coefficient (Wildman–Crippen LogP) is 6.08. The molecule has 0 radical (unpaired) electrons. The van der Waals surface area contributed by atoms with Crippen LogP contribution < -0.4 is 5.63 Å². The molecule has 194 valence electrons. The molecular weight excluding hydrogens is 440 g/mol. The van der Waals surface area contributed by atoms with Crippen molar-refractivity contribution in [2.24, 2.45) is 40.4 Å². The van der Waals surface area contributed by atoms with Crippen LogP contribution in [0.3, 0.4) is 0 Å². The van der Waals surface area contributed by atoms with E-state index < -0.39 is 5.60 Å². The van der Waals surface area contributed by atoms with Gasteiger partial charge in [0.05, 0.1) is 17.8 Å². The molecule has 0 spiro atoms. The molecule has 1 aromatic heterocycles. The molecule has 0 aromatic carbocycles. The molecule has 9 atom stereocenters. The predicted molar refractivity (Wildman–Crippen MR) is 135 cm³/mol. The molecule has 0 unspecified atom stereocenters. The van der Waals surface area contributed by atoms with Crippen LogP contribution in [0.25, 0.3) is 0 Å². The fraction of sp³-hybridized carbons (Fsp3) is 0.800. The smallest absolute Gasteiger partial charge is 0.335 e. The third kappa shape index (κ3) is 3.83. The lowest BCUT2D eigenvalue weighted by Crippen LogP contribution is -2.62. The summed E-state index contributed by atoms with van der Waals surface area (Å²) in [6.45, 7) is 10.9. The average molecular weight is 485 g/mol. The lowest BCUT2D eigenvalue weighted by molar-refractivity contribution is -0.208. The molecule has 0 bridgehead atoms. The van der Waals surface area contributed by atoms with E-state index in [1.807, 2.05) is 13.0 Å². The normalized spacial score (nSPS) is 43.7. The zero-order valence-corrected chi connectivity index (χ0v) is 22.2. The van der Waals surface area contributed by atoms with Gasteiger partial charge in [-0.1, -0.05) is 34.6 Å². The van der Waals surface area contributed by atoms with Crippen molar-refractivity contribution in [3.8, 4) is 0 Å². The van der Waals surface area contributed by atoms with Crippen LogP contribution in [-0.4, -0.2) is 22.8 Å². The van der Waals surface area contributed by atoms with Crippen molar-refractivity contribution in [2.75, 3.05) is 0 Å². The number of esters is 1. The maximum absolute atomic E-state index is 12.6. The molecule has 5 rings (SSSR count). The van der Waals surface area contributed by atoms with Gasteiger partial charge < -0.3 is 14.3 Å². The highest BCUT2D eigenvalue weighted by Gasteiger charge is 2.67. The van der Waals surface area contributed by atoms with E-state index >= 15 is 0 Å². The Hall–Kier alpha value is -1.62. The van der Waals surface area contributed by atoms with Gasteiger partial charge in [-0.25, -0.2) is 4.79 Å². The molecular formula is C30H44O5. The molecule has 5 nitrogen and oxygen atoms in total. The minimum atomic E-state index is -0.680. The lowest BCUT2D eigenvalue weighted by atomic mass is 9.43. The van der Waals surface area contributed by atoms with Gasteiger partial charge in [0.2, 0.25) is 0 Å². The minimum absolute atomic E-state index is 0.0406. The van der Waals surface area contributed by atoms with Gasteiger partial charge in [0.1, 0.15) is 6.10 Å². The van der Waals surface area contributed by atoms with Crippen molar-refractivity contribution in [2.45, 2.75) is 110 Å². The first kappa shape index (κ1) is 25.0. The highest BCUT2D eigenvalue weighted by atomic mass is 16.5. The number of carbonyl (C=O) groups is 1. The van der Waals surface area contributed by atoms with Crippen LogP contribution in [0.1, 0.15) is 104 Å². The van der Waals surface area contributed by atoms with Gasteiger partial charge in [0.25, 0.3) is 0 Å². The fourth-order valence-electron chi connectivity index (χ4n) is 8.94. The van der Waals surface area contributed by atoms with Gasteiger partial charge in [0.15, 0.2) is 0 Å². The van der Waals surface area contributed by atoms with Gasteiger partial charge in [0, 0.05) is 11.5 Å². The van der Waals surface area contributed by atoms with Crippen molar-refractivity contribution in [1.82, 2.24) is 0 Å². The van der Waals surface area contributed by atoms with E-state index in [0.29, 0.717) is 23.7 Å². The summed E-state index contributed by atoms with van der Waals surface area (Å²) in [6.07, 6.45) is 10.7. The van der Waals surface area contributed by atoms with E-state index in [1.165, 1.54) is 6.07 Å². The second-order valence-corrected chi connectivity index (χ2v) is 13.2. The van der Waals surface area contributed by atoms with Crippen molar-refractivity contribution in [3.63, 3.8) is 0 Å². The summed E-state index contributed by atoms with van der Waals surface area (Å²) in [4.78, 5) is 24.1. The monoisotopic (exact) mass is 484 g/mol. The van der Waals surface area contributed by atoms with Crippen LogP contribution >= 0.6 is 0 Å². The van der Waals surface area contributed by atoms with Gasteiger partial charge >= 0.3 is 11.6 Å². The molecule has 1 aromatic rings. The highest BCUT2D eigenvalue weighted by Crippen LogP contribution is 2.70. The van der Waals surface area contributed by atoms with Gasteiger partial charge in [-0.05, 0) is 104 Å². The molecule has 0 aliphatic heterocycles. The molecule has 0 saturated heterocycles. The van der Waals surface area contributed by atoms with Crippen LogP contribution in [0.15, 0.2) is 27.6 Å². The topological polar surface area (TPSA) is 76.7 Å². The Morgan fingerprint density at radius 1 is 1.03 bits per heavy atom. The largest absolute Gasteiger partial charge is 0.462 e. The van der Waals surface area contributed by atoms with Gasteiger partial charge in [-0.3, -0.25) is 4.79 Å². The van der Waals surface area contributed by atoms with Crippen molar-refractivity contribution in [3.05, 3.63) is 34.4 Å². The zero-order valence-electron chi connectivity index (χ0n) is 22.2. The van der Waals surface area contributed by atoms with Crippen LogP contribution in [0.5, 0.6) is 0 Å². The van der Waals surface area contributed by atoms with Crippen LogP contribution in [0, 0.1) is 40.4 Å². The number of ether oxygens (including phenoxy) is 1. The third-order valence-electron chi connectivity index (χ3n) is 11.6. The first-order valence-corrected chi connectivity index (χ1v) is 14.0. The second-order valence-electron chi connectivity index (χ2n) is 13.2. The minimum Gasteiger partial charge on any atom is -0.462 e. The van der Waals surface area contributed by atoms with E-state index in [-0.39, 0.29) is 40.4 Å².